The minimum Gasteiger partial charge on any atom is -0.489 e. The van der Waals surface area contributed by atoms with Crippen molar-refractivity contribution in [1.29, 1.82) is 0 Å². The second-order valence-corrected chi connectivity index (χ2v) is 5.30. The molecule has 0 unspecified atom stereocenters. The summed E-state index contributed by atoms with van der Waals surface area (Å²) in [5, 5.41) is 3.47. The van der Waals surface area contributed by atoms with Crippen molar-refractivity contribution in [1.82, 2.24) is 5.32 Å². The molecule has 0 bridgehead atoms. The van der Waals surface area contributed by atoms with E-state index >= 15 is 0 Å². The third kappa shape index (κ3) is 2.94. The van der Waals surface area contributed by atoms with Gasteiger partial charge >= 0.3 is 0 Å². The van der Waals surface area contributed by atoms with Gasteiger partial charge < -0.3 is 10.1 Å². The number of fused-ring (bicyclic) bond motifs is 1. The van der Waals surface area contributed by atoms with Gasteiger partial charge in [0, 0.05) is 6.54 Å². The van der Waals surface area contributed by atoms with Crippen LogP contribution in [0.25, 0.3) is 0 Å². The fourth-order valence-corrected chi connectivity index (χ4v) is 2.55. The van der Waals surface area contributed by atoms with E-state index in [0.717, 1.165) is 30.8 Å². The number of hydrogen-bond donors (Lipinski definition) is 1. The van der Waals surface area contributed by atoms with Gasteiger partial charge in [-0.2, -0.15) is 0 Å². The smallest absolute Gasteiger partial charge is 0.141 e. The lowest BCUT2D eigenvalue weighted by molar-refractivity contribution is 0.305. The molecule has 1 aliphatic heterocycles. The molecule has 0 saturated carbocycles. The van der Waals surface area contributed by atoms with E-state index in [0.29, 0.717) is 6.61 Å². The molecule has 0 spiro atoms. The van der Waals surface area contributed by atoms with E-state index in [1.807, 2.05) is 6.07 Å². The van der Waals surface area contributed by atoms with E-state index in [4.69, 9.17) is 16.3 Å². The number of ether oxygens (including phenoxy) is 1. The van der Waals surface area contributed by atoms with Crippen LogP contribution in [0.2, 0.25) is 5.02 Å². The Labute approximate surface area is 122 Å². The molecule has 0 atom stereocenters. The first-order valence-corrected chi connectivity index (χ1v) is 6.99. The molecule has 2 aromatic carbocycles. The predicted molar refractivity (Wildman–Crippen MR) is 77.6 cm³/mol. The normalized spacial score (nSPS) is 13.9. The van der Waals surface area contributed by atoms with Crippen LogP contribution in [0.15, 0.2) is 36.4 Å². The summed E-state index contributed by atoms with van der Waals surface area (Å²) in [6, 6.07) is 10.8. The van der Waals surface area contributed by atoms with Gasteiger partial charge in [0.15, 0.2) is 0 Å². The summed E-state index contributed by atoms with van der Waals surface area (Å²) in [4.78, 5) is 0. The van der Waals surface area contributed by atoms with Crippen LogP contribution in [0.1, 0.15) is 16.7 Å². The summed E-state index contributed by atoms with van der Waals surface area (Å²) in [6.07, 6.45) is 1.06. The monoisotopic (exact) mass is 291 g/mol. The van der Waals surface area contributed by atoms with Crippen molar-refractivity contribution < 1.29 is 9.13 Å². The highest BCUT2D eigenvalue weighted by Gasteiger charge is 2.09. The summed E-state index contributed by atoms with van der Waals surface area (Å²) in [6.45, 7) is 2.29. The van der Waals surface area contributed by atoms with E-state index in [9.17, 15) is 4.39 Å². The van der Waals surface area contributed by atoms with Crippen molar-refractivity contribution in [2.24, 2.45) is 0 Å². The maximum atomic E-state index is 13.1. The van der Waals surface area contributed by atoms with Crippen LogP contribution in [0, 0.1) is 5.82 Å². The number of halogens is 2. The van der Waals surface area contributed by atoms with Crippen LogP contribution in [-0.4, -0.2) is 6.54 Å². The standard InChI is InChI=1S/C16H15ClFNO/c17-15-7-11(1-4-16(15)18)10-20-14-3-2-12-5-6-19-9-13(12)8-14/h1-4,7-8,19H,5-6,9-10H2. The molecular weight excluding hydrogens is 277 g/mol. The fraction of sp³-hybridized carbons (Fsp3) is 0.250. The Morgan fingerprint density at radius 1 is 1.15 bits per heavy atom. The molecular formula is C16H15ClFNO. The topological polar surface area (TPSA) is 21.3 Å². The number of nitrogens with one attached hydrogen (secondary N) is 1. The molecule has 0 amide bonds. The second kappa shape index (κ2) is 5.81. The zero-order valence-corrected chi connectivity index (χ0v) is 11.7. The molecule has 0 aromatic heterocycles. The second-order valence-electron chi connectivity index (χ2n) is 4.89. The van der Waals surface area contributed by atoms with E-state index in [-0.39, 0.29) is 5.02 Å². The Morgan fingerprint density at radius 2 is 2.05 bits per heavy atom. The Balaban J connectivity index is 1.70. The van der Waals surface area contributed by atoms with Crippen molar-refractivity contribution >= 4 is 11.6 Å². The largest absolute Gasteiger partial charge is 0.489 e. The molecule has 2 nitrogen and oxygen atoms in total. The molecule has 0 fully saturated rings. The van der Waals surface area contributed by atoms with Crippen LogP contribution in [0.3, 0.4) is 0 Å². The highest BCUT2D eigenvalue weighted by molar-refractivity contribution is 6.30. The Morgan fingerprint density at radius 3 is 2.90 bits per heavy atom. The van der Waals surface area contributed by atoms with Crippen molar-refractivity contribution in [3.8, 4) is 5.75 Å². The lowest BCUT2D eigenvalue weighted by atomic mass is 10.0. The van der Waals surface area contributed by atoms with Crippen LogP contribution < -0.4 is 10.1 Å². The van der Waals surface area contributed by atoms with E-state index in [1.165, 1.54) is 17.2 Å². The number of benzene rings is 2. The third-order valence-corrected chi connectivity index (χ3v) is 3.74. The van der Waals surface area contributed by atoms with E-state index in [1.54, 1.807) is 12.1 Å². The third-order valence-electron chi connectivity index (χ3n) is 3.45. The van der Waals surface area contributed by atoms with Gasteiger partial charge in [0.05, 0.1) is 5.02 Å². The lowest BCUT2D eigenvalue weighted by Gasteiger charge is -2.18. The number of rotatable bonds is 3. The van der Waals surface area contributed by atoms with Crippen LogP contribution in [0.4, 0.5) is 4.39 Å². The van der Waals surface area contributed by atoms with Gasteiger partial charge in [-0.05, 0) is 53.9 Å². The molecule has 3 rings (SSSR count). The maximum Gasteiger partial charge on any atom is 0.141 e. The summed E-state index contributed by atoms with van der Waals surface area (Å²) in [5.41, 5.74) is 3.51. The molecule has 1 N–H and O–H groups in total. The first kappa shape index (κ1) is 13.4. The van der Waals surface area contributed by atoms with Gasteiger partial charge in [0.1, 0.15) is 18.2 Å². The van der Waals surface area contributed by atoms with Crippen molar-refractivity contribution in [3.05, 3.63) is 63.9 Å². The van der Waals surface area contributed by atoms with Gasteiger partial charge in [-0.25, -0.2) is 4.39 Å². The quantitative estimate of drug-likeness (QED) is 0.931. The Kier molecular flexibility index (Phi) is 3.90. The zero-order chi connectivity index (χ0) is 13.9. The molecule has 2 aromatic rings. The van der Waals surface area contributed by atoms with Gasteiger partial charge in [0.25, 0.3) is 0 Å². The molecule has 4 heteroatoms. The molecule has 20 heavy (non-hydrogen) atoms. The minimum atomic E-state index is -0.407. The van der Waals surface area contributed by atoms with Gasteiger partial charge in [-0.15, -0.1) is 0 Å². The molecule has 1 aliphatic rings. The lowest BCUT2D eigenvalue weighted by Crippen LogP contribution is -2.23. The average Bonchev–Trinajstić information content (AvgIpc) is 2.48. The van der Waals surface area contributed by atoms with E-state index in [2.05, 4.69) is 17.4 Å². The summed E-state index contributed by atoms with van der Waals surface area (Å²) in [7, 11) is 0. The molecule has 0 radical (unpaired) electrons. The molecule has 1 heterocycles. The number of hydrogen-bond acceptors (Lipinski definition) is 2. The van der Waals surface area contributed by atoms with Crippen molar-refractivity contribution in [3.63, 3.8) is 0 Å². The van der Waals surface area contributed by atoms with Crippen LogP contribution >= 0.6 is 11.6 Å². The van der Waals surface area contributed by atoms with Gasteiger partial charge in [-0.3, -0.25) is 0 Å². The molecule has 0 saturated heterocycles. The fourth-order valence-electron chi connectivity index (χ4n) is 2.34. The maximum absolute atomic E-state index is 13.1. The minimum absolute atomic E-state index is 0.126. The van der Waals surface area contributed by atoms with Crippen molar-refractivity contribution in [2.75, 3.05) is 6.54 Å². The summed E-state index contributed by atoms with van der Waals surface area (Å²) < 4.78 is 18.8. The van der Waals surface area contributed by atoms with Crippen LogP contribution in [-0.2, 0) is 19.6 Å². The zero-order valence-electron chi connectivity index (χ0n) is 11.0. The predicted octanol–water partition coefficient (Wildman–Crippen LogP) is 3.70. The molecule has 0 aliphatic carbocycles. The average molecular weight is 292 g/mol. The van der Waals surface area contributed by atoms with Gasteiger partial charge in [-0.1, -0.05) is 23.7 Å². The van der Waals surface area contributed by atoms with Crippen molar-refractivity contribution in [2.45, 2.75) is 19.6 Å². The first-order valence-electron chi connectivity index (χ1n) is 6.61. The van der Waals surface area contributed by atoms with Gasteiger partial charge in [0.2, 0.25) is 0 Å². The highest BCUT2D eigenvalue weighted by atomic mass is 35.5. The molecule has 104 valence electrons. The summed E-state index contributed by atoms with van der Waals surface area (Å²) >= 11 is 5.75. The Bertz CT molecular complexity index is 630. The SMILES string of the molecule is Fc1ccc(COc2ccc3c(c2)CNCC3)cc1Cl. The van der Waals surface area contributed by atoms with E-state index < -0.39 is 5.82 Å². The van der Waals surface area contributed by atoms with Crippen LogP contribution in [0.5, 0.6) is 5.75 Å². The first-order chi connectivity index (χ1) is 9.72. The Hall–Kier alpha value is -1.58. The highest BCUT2D eigenvalue weighted by Crippen LogP contribution is 2.22. The summed E-state index contributed by atoms with van der Waals surface area (Å²) in [5.74, 6) is 0.420.